The van der Waals surface area contributed by atoms with Gasteiger partial charge in [-0.3, -0.25) is 0 Å². The van der Waals surface area contributed by atoms with Gasteiger partial charge in [0.15, 0.2) is 6.79 Å². The number of carbonyl (C=O) groups is 1. The summed E-state index contributed by atoms with van der Waals surface area (Å²) in [5, 5.41) is 9.96. The maximum Gasteiger partial charge on any atom is 0.411 e. The molecule has 1 saturated heterocycles. The maximum atomic E-state index is 11.9. The molecule has 1 N–H and O–H groups in total. The number of carbonyl (C=O) groups excluding carboxylic acids is 1. The zero-order valence-corrected chi connectivity index (χ0v) is 14.2. The lowest BCUT2D eigenvalue weighted by atomic mass is 9.82. The number of phenols is 1. The number of ether oxygens (including phenoxy) is 2. The molecule has 1 heterocycles. The molecule has 0 atom stereocenters. The molecule has 0 unspecified atom stereocenters. The van der Waals surface area contributed by atoms with Crippen molar-refractivity contribution in [3.05, 3.63) is 29.8 Å². The van der Waals surface area contributed by atoms with E-state index in [1.807, 2.05) is 18.2 Å². The van der Waals surface area contributed by atoms with E-state index in [0.29, 0.717) is 11.7 Å². The molecule has 5 heteroatoms. The Morgan fingerprint density at radius 3 is 2.50 bits per heavy atom. The molecule has 1 aromatic carbocycles. The van der Waals surface area contributed by atoms with Crippen molar-refractivity contribution in [1.82, 2.24) is 4.90 Å². The van der Waals surface area contributed by atoms with Crippen molar-refractivity contribution in [3.63, 3.8) is 0 Å². The number of benzene rings is 1. The zero-order chi connectivity index (χ0) is 16.8. The van der Waals surface area contributed by atoms with Crippen LogP contribution in [0.15, 0.2) is 24.3 Å². The van der Waals surface area contributed by atoms with E-state index in [2.05, 4.69) is 0 Å². The summed E-state index contributed by atoms with van der Waals surface area (Å²) in [6, 6.07) is 7.57. The highest BCUT2D eigenvalue weighted by Gasteiger charge is 2.25. The fourth-order valence-electron chi connectivity index (χ4n) is 3.72. The lowest BCUT2D eigenvalue weighted by molar-refractivity contribution is -0.0773. The van der Waals surface area contributed by atoms with Crippen molar-refractivity contribution >= 4 is 6.09 Å². The van der Waals surface area contributed by atoms with Gasteiger partial charge in [-0.1, -0.05) is 18.2 Å². The first-order valence-electron chi connectivity index (χ1n) is 9.05. The van der Waals surface area contributed by atoms with Crippen LogP contribution in [-0.4, -0.2) is 42.1 Å². The Morgan fingerprint density at radius 1 is 1.08 bits per heavy atom. The number of hydrogen-bond acceptors (Lipinski definition) is 4. The van der Waals surface area contributed by atoms with Gasteiger partial charge in [0, 0.05) is 13.1 Å². The SMILES string of the molecule is O=C(OCOC1CCC(c2ccccc2O)CC1)N1CCCCC1. The van der Waals surface area contributed by atoms with E-state index < -0.39 is 0 Å². The topological polar surface area (TPSA) is 59.0 Å². The molecule has 0 radical (unpaired) electrons. The van der Waals surface area contributed by atoms with Crippen LogP contribution in [0.2, 0.25) is 0 Å². The normalized spacial score (nSPS) is 24.6. The predicted molar refractivity (Wildman–Crippen MR) is 91.0 cm³/mol. The molecule has 1 amide bonds. The first-order valence-corrected chi connectivity index (χ1v) is 9.05. The Labute approximate surface area is 143 Å². The molecular weight excluding hydrogens is 306 g/mol. The van der Waals surface area contributed by atoms with Gasteiger partial charge in [0.2, 0.25) is 0 Å². The average Bonchev–Trinajstić information content (AvgIpc) is 2.63. The van der Waals surface area contributed by atoms with E-state index in [1.54, 1.807) is 11.0 Å². The largest absolute Gasteiger partial charge is 0.508 e. The second-order valence-corrected chi connectivity index (χ2v) is 6.77. The van der Waals surface area contributed by atoms with Gasteiger partial charge in [-0.2, -0.15) is 0 Å². The van der Waals surface area contributed by atoms with Crippen molar-refractivity contribution in [3.8, 4) is 5.75 Å². The molecule has 0 spiro atoms. The van der Waals surface area contributed by atoms with E-state index in [4.69, 9.17) is 9.47 Å². The third-order valence-electron chi connectivity index (χ3n) is 5.15. The molecule has 0 bridgehead atoms. The fourth-order valence-corrected chi connectivity index (χ4v) is 3.72. The van der Waals surface area contributed by atoms with Gasteiger partial charge in [-0.05, 0) is 62.5 Å². The number of nitrogens with zero attached hydrogens (tertiary/aromatic N) is 1. The third kappa shape index (κ3) is 4.41. The standard InChI is InChI=1S/C19H27NO4/c21-18-7-3-2-6-17(18)15-8-10-16(11-9-15)23-14-24-19(22)20-12-4-1-5-13-20/h2-3,6-7,15-16,21H,1,4-5,8-14H2. The number of piperidine rings is 1. The lowest BCUT2D eigenvalue weighted by Crippen LogP contribution is -2.36. The summed E-state index contributed by atoms with van der Waals surface area (Å²) in [6.45, 7) is 1.64. The molecule has 1 aliphatic heterocycles. The van der Waals surface area contributed by atoms with Gasteiger partial charge >= 0.3 is 6.09 Å². The van der Waals surface area contributed by atoms with Crippen LogP contribution >= 0.6 is 0 Å². The number of amides is 1. The van der Waals surface area contributed by atoms with Gasteiger partial charge in [0.1, 0.15) is 5.75 Å². The summed E-state index contributed by atoms with van der Waals surface area (Å²) in [5.41, 5.74) is 1.03. The van der Waals surface area contributed by atoms with Crippen LogP contribution in [0.4, 0.5) is 4.79 Å². The fraction of sp³-hybridized carbons (Fsp3) is 0.632. The van der Waals surface area contributed by atoms with Gasteiger partial charge < -0.3 is 19.5 Å². The number of likely N-dealkylation sites (tertiary alicyclic amines) is 1. The van der Waals surface area contributed by atoms with Crippen LogP contribution in [-0.2, 0) is 9.47 Å². The predicted octanol–water partition coefficient (Wildman–Crippen LogP) is 4.02. The Balaban J connectivity index is 1.37. The molecule has 3 rings (SSSR count). The molecule has 24 heavy (non-hydrogen) atoms. The van der Waals surface area contributed by atoms with E-state index in [-0.39, 0.29) is 19.0 Å². The molecular formula is C19H27NO4. The second kappa shape index (κ2) is 8.38. The number of hydrogen-bond donors (Lipinski definition) is 1. The van der Waals surface area contributed by atoms with Crippen LogP contribution < -0.4 is 0 Å². The summed E-state index contributed by atoms with van der Waals surface area (Å²) >= 11 is 0. The minimum Gasteiger partial charge on any atom is -0.508 e. The van der Waals surface area contributed by atoms with Crippen molar-refractivity contribution in [1.29, 1.82) is 0 Å². The van der Waals surface area contributed by atoms with Crippen LogP contribution in [0.1, 0.15) is 56.4 Å². The van der Waals surface area contributed by atoms with Gasteiger partial charge in [-0.25, -0.2) is 4.79 Å². The number of aromatic hydroxyl groups is 1. The smallest absolute Gasteiger partial charge is 0.411 e. The highest BCUT2D eigenvalue weighted by atomic mass is 16.7. The monoisotopic (exact) mass is 333 g/mol. The van der Waals surface area contributed by atoms with Crippen molar-refractivity contribution in [2.75, 3.05) is 19.9 Å². The molecule has 5 nitrogen and oxygen atoms in total. The van der Waals surface area contributed by atoms with Gasteiger partial charge in [0.25, 0.3) is 0 Å². The summed E-state index contributed by atoms with van der Waals surface area (Å²) in [7, 11) is 0. The minimum atomic E-state index is -0.252. The maximum absolute atomic E-state index is 11.9. The molecule has 1 saturated carbocycles. The summed E-state index contributed by atoms with van der Waals surface area (Å²) in [5.74, 6) is 0.777. The Hall–Kier alpha value is -1.75. The molecule has 1 aromatic rings. The highest BCUT2D eigenvalue weighted by Crippen LogP contribution is 2.37. The van der Waals surface area contributed by atoms with E-state index in [1.165, 1.54) is 6.42 Å². The molecule has 2 fully saturated rings. The van der Waals surface area contributed by atoms with Crippen molar-refractivity contribution in [2.45, 2.75) is 57.0 Å². The van der Waals surface area contributed by atoms with Crippen LogP contribution in [0.3, 0.4) is 0 Å². The average molecular weight is 333 g/mol. The second-order valence-electron chi connectivity index (χ2n) is 6.77. The van der Waals surface area contributed by atoms with E-state index in [9.17, 15) is 9.90 Å². The Morgan fingerprint density at radius 2 is 1.79 bits per heavy atom. The highest BCUT2D eigenvalue weighted by molar-refractivity contribution is 5.67. The van der Waals surface area contributed by atoms with Gasteiger partial charge in [-0.15, -0.1) is 0 Å². The Kier molecular flexibility index (Phi) is 5.96. The van der Waals surface area contributed by atoms with Crippen molar-refractivity contribution < 1.29 is 19.4 Å². The molecule has 2 aliphatic rings. The quantitative estimate of drug-likeness (QED) is 0.846. The summed E-state index contributed by atoms with van der Waals surface area (Å²) < 4.78 is 11.0. The summed E-state index contributed by atoms with van der Waals surface area (Å²) in [6.07, 6.45) is 7.04. The zero-order valence-electron chi connectivity index (χ0n) is 14.2. The number of phenolic OH excluding ortho intramolecular Hbond substituents is 1. The van der Waals surface area contributed by atoms with Crippen LogP contribution in [0.5, 0.6) is 5.75 Å². The van der Waals surface area contributed by atoms with E-state index in [0.717, 1.165) is 57.2 Å². The first-order chi connectivity index (χ1) is 11.7. The Bertz CT molecular complexity index is 534. The number of rotatable bonds is 4. The van der Waals surface area contributed by atoms with Gasteiger partial charge in [0.05, 0.1) is 6.10 Å². The third-order valence-corrected chi connectivity index (χ3v) is 5.15. The van der Waals surface area contributed by atoms with Crippen LogP contribution in [0, 0.1) is 0 Å². The molecule has 0 aromatic heterocycles. The van der Waals surface area contributed by atoms with Crippen molar-refractivity contribution in [2.24, 2.45) is 0 Å². The summed E-state index contributed by atoms with van der Waals surface area (Å²) in [4.78, 5) is 13.7. The molecule has 132 valence electrons. The first kappa shape index (κ1) is 17.1. The number of para-hydroxylation sites is 1. The van der Waals surface area contributed by atoms with Crippen LogP contribution in [0.25, 0.3) is 0 Å². The lowest BCUT2D eigenvalue weighted by Gasteiger charge is -2.29. The minimum absolute atomic E-state index is 0.0429. The molecule has 1 aliphatic carbocycles. The van der Waals surface area contributed by atoms with E-state index >= 15 is 0 Å².